The highest BCUT2D eigenvalue weighted by Crippen LogP contribution is 2.30. The van der Waals surface area contributed by atoms with E-state index in [1.54, 1.807) is 0 Å². The van der Waals surface area contributed by atoms with Crippen molar-refractivity contribution in [2.24, 2.45) is 0 Å². The topological polar surface area (TPSA) is 42.7 Å². The van der Waals surface area contributed by atoms with Gasteiger partial charge in [-0.15, -0.1) is 10.2 Å². The Labute approximate surface area is 119 Å². The highest BCUT2D eigenvalue weighted by molar-refractivity contribution is 5.36. The molecular weight excluding hydrogens is 248 g/mol. The molecule has 2 aliphatic rings. The summed E-state index contributed by atoms with van der Waals surface area (Å²) in [6.45, 7) is 3.01. The minimum atomic E-state index is 0.347. The molecule has 2 aliphatic heterocycles. The number of nitrogens with one attached hydrogen (secondary N) is 1. The van der Waals surface area contributed by atoms with Crippen molar-refractivity contribution in [2.75, 3.05) is 6.54 Å². The molecule has 1 N–H and O–H groups in total. The van der Waals surface area contributed by atoms with Crippen LogP contribution in [-0.2, 0) is 19.5 Å². The third-order valence-corrected chi connectivity index (χ3v) is 4.54. The van der Waals surface area contributed by atoms with Crippen LogP contribution in [0.15, 0.2) is 24.3 Å². The molecule has 4 rings (SSSR count). The quantitative estimate of drug-likeness (QED) is 0.862. The van der Waals surface area contributed by atoms with Crippen LogP contribution in [-0.4, -0.2) is 21.3 Å². The summed E-state index contributed by atoms with van der Waals surface area (Å²) in [5.41, 5.74) is 2.82. The largest absolute Gasteiger partial charge is 0.314 e. The SMILES string of the molecule is c1ccc2c(c1)CNCC2c1nnc2n1CCCCC2. The lowest BCUT2D eigenvalue weighted by Crippen LogP contribution is -2.30. The summed E-state index contributed by atoms with van der Waals surface area (Å²) in [7, 11) is 0. The van der Waals surface area contributed by atoms with E-state index < -0.39 is 0 Å². The Hall–Kier alpha value is -1.68. The van der Waals surface area contributed by atoms with Gasteiger partial charge in [-0.1, -0.05) is 30.7 Å². The van der Waals surface area contributed by atoms with Crippen molar-refractivity contribution in [3.8, 4) is 0 Å². The number of rotatable bonds is 1. The molecule has 4 nitrogen and oxygen atoms in total. The van der Waals surface area contributed by atoms with Crippen molar-refractivity contribution < 1.29 is 0 Å². The van der Waals surface area contributed by atoms with Crippen LogP contribution in [0.5, 0.6) is 0 Å². The smallest absolute Gasteiger partial charge is 0.141 e. The van der Waals surface area contributed by atoms with E-state index in [-0.39, 0.29) is 0 Å². The van der Waals surface area contributed by atoms with E-state index in [0.717, 1.165) is 31.9 Å². The molecule has 1 atom stereocenters. The fourth-order valence-electron chi connectivity index (χ4n) is 3.49. The zero-order chi connectivity index (χ0) is 13.4. The van der Waals surface area contributed by atoms with Gasteiger partial charge in [-0.3, -0.25) is 0 Å². The molecule has 4 heteroatoms. The lowest BCUT2D eigenvalue weighted by atomic mass is 9.90. The number of nitrogens with zero attached hydrogens (tertiary/aromatic N) is 3. The molecule has 0 saturated carbocycles. The van der Waals surface area contributed by atoms with E-state index in [1.165, 1.54) is 36.2 Å². The van der Waals surface area contributed by atoms with E-state index >= 15 is 0 Å². The Kier molecular flexibility index (Phi) is 3.03. The predicted molar refractivity (Wildman–Crippen MR) is 77.6 cm³/mol. The van der Waals surface area contributed by atoms with Gasteiger partial charge < -0.3 is 9.88 Å². The van der Waals surface area contributed by atoms with Gasteiger partial charge in [0, 0.05) is 26.1 Å². The summed E-state index contributed by atoms with van der Waals surface area (Å²) in [5, 5.41) is 12.5. The first-order chi connectivity index (χ1) is 9.93. The first kappa shape index (κ1) is 12.1. The second-order valence-corrected chi connectivity index (χ2v) is 5.82. The summed E-state index contributed by atoms with van der Waals surface area (Å²) in [5.74, 6) is 2.68. The van der Waals surface area contributed by atoms with Crippen LogP contribution in [0.2, 0.25) is 0 Å². The van der Waals surface area contributed by atoms with E-state index in [4.69, 9.17) is 0 Å². The maximum atomic E-state index is 4.53. The maximum absolute atomic E-state index is 4.53. The van der Waals surface area contributed by atoms with Crippen LogP contribution in [0.1, 0.15) is 48.0 Å². The Morgan fingerprint density at radius 2 is 2.05 bits per heavy atom. The van der Waals surface area contributed by atoms with Crippen LogP contribution in [0.3, 0.4) is 0 Å². The molecule has 104 valence electrons. The Bertz CT molecular complexity index is 617. The first-order valence-electron chi connectivity index (χ1n) is 7.64. The third kappa shape index (κ3) is 1.95. The number of hydrogen-bond donors (Lipinski definition) is 1. The summed E-state index contributed by atoms with van der Waals surface area (Å²) in [6.07, 6.45) is 4.88. The van der Waals surface area contributed by atoms with Gasteiger partial charge in [-0.05, 0) is 24.0 Å². The highest BCUT2D eigenvalue weighted by atomic mass is 15.3. The van der Waals surface area contributed by atoms with Crippen molar-refractivity contribution in [2.45, 2.75) is 44.7 Å². The second-order valence-electron chi connectivity index (χ2n) is 5.82. The molecule has 0 amide bonds. The normalized spacial score (nSPS) is 21.9. The fourth-order valence-corrected chi connectivity index (χ4v) is 3.49. The van der Waals surface area contributed by atoms with Crippen molar-refractivity contribution in [3.05, 3.63) is 47.0 Å². The maximum Gasteiger partial charge on any atom is 0.141 e. The second kappa shape index (κ2) is 5.02. The zero-order valence-corrected chi connectivity index (χ0v) is 11.7. The Morgan fingerprint density at radius 3 is 3.05 bits per heavy atom. The molecular formula is C16H20N4. The molecule has 20 heavy (non-hydrogen) atoms. The molecule has 3 heterocycles. The number of aryl methyl sites for hydroxylation is 1. The van der Waals surface area contributed by atoms with Crippen LogP contribution >= 0.6 is 0 Å². The minimum Gasteiger partial charge on any atom is -0.314 e. The number of hydrogen-bond acceptors (Lipinski definition) is 3. The molecule has 0 fully saturated rings. The van der Waals surface area contributed by atoms with Gasteiger partial charge in [0.15, 0.2) is 0 Å². The third-order valence-electron chi connectivity index (χ3n) is 4.54. The van der Waals surface area contributed by atoms with Crippen molar-refractivity contribution in [3.63, 3.8) is 0 Å². The standard InChI is InChI=1S/C16H20N4/c1-2-8-15-18-19-16(20(15)9-5-1)14-11-17-10-12-6-3-4-7-13(12)14/h3-4,6-7,14,17H,1-2,5,8-11H2. The van der Waals surface area contributed by atoms with E-state index in [9.17, 15) is 0 Å². The average Bonchev–Trinajstić information content (AvgIpc) is 2.75. The van der Waals surface area contributed by atoms with Crippen LogP contribution < -0.4 is 5.32 Å². The van der Waals surface area contributed by atoms with Gasteiger partial charge in [-0.25, -0.2) is 0 Å². The number of aromatic nitrogens is 3. The van der Waals surface area contributed by atoms with Gasteiger partial charge in [0.05, 0.1) is 5.92 Å². The summed E-state index contributed by atoms with van der Waals surface area (Å²) >= 11 is 0. The highest BCUT2D eigenvalue weighted by Gasteiger charge is 2.27. The van der Waals surface area contributed by atoms with Gasteiger partial charge >= 0.3 is 0 Å². The van der Waals surface area contributed by atoms with Gasteiger partial charge in [-0.2, -0.15) is 0 Å². The number of benzene rings is 1. The van der Waals surface area contributed by atoms with Crippen LogP contribution in [0.25, 0.3) is 0 Å². The molecule has 0 bridgehead atoms. The van der Waals surface area contributed by atoms with Crippen molar-refractivity contribution in [1.82, 2.24) is 20.1 Å². The fraction of sp³-hybridized carbons (Fsp3) is 0.500. The lowest BCUT2D eigenvalue weighted by molar-refractivity contribution is 0.530. The van der Waals surface area contributed by atoms with Crippen molar-refractivity contribution in [1.29, 1.82) is 0 Å². The summed E-state index contributed by atoms with van der Waals surface area (Å²) in [6, 6.07) is 8.72. The predicted octanol–water partition coefficient (Wildman–Crippen LogP) is 2.24. The molecule has 2 aromatic rings. The molecule has 0 aliphatic carbocycles. The minimum absolute atomic E-state index is 0.347. The van der Waals surface area contributed by atoms with Crippen molar-refractivity contribution >= 4 is 0 Å². The van der Waals surface area contributed by atoms with E-state index in [0.29, 0.717) is 5.92 Å². The molecule has 0 radical (unpaired) electrons. The molecule has 1 aromatic carbocycles. The Morgan fingerprint density at radius 1 is 1.10 bits per heavy atom. The molecule has 0 spiro atoms. The summed E-state index contributed by atoms with van der Waals surface area (Å²) in [4.78, 5) is 0. The molecule has 1 aromatic heterocycles. The summed E-state index contributed by atoms with van der Waals surface area (Å²) < 4.78 is 2.38. The van der Waals surface area contributed by atoms with Crippen LogP contribution in [0, 0.1) is 0 Å². The van der Waals surface area contributed by atoms with E-state index in [1.807, 2.05) is 0 Å². The van der Waals surface area contributed by atoms with Gasteiger partial charge in [0.1, 0.15) is 11.6 Å². The van der Waals surface area contributed by atoms with Crippen LogP contribution in [0.4, 0.5) is 0 Å². The monoisotopic (exact) mass is 268 g/mol. The molecule has 0 saturated heterocycles. The first-order valence-corrected chi connectivity index (χ1v) is 7.64. The molecule has 1 unspecified atom stereocenters. The lowest BCUT2D eigenvalue weighted by Gasteiger charge is -2.26. The van der Waals surface area contributed by atoms with Gasteiger partial charge in [0.25, 0.3) is 0 Å². The van der Waals surface area contributed by atoms with E-state index in [2.05, 4.69) is 44.3 Å². The zero-order valence-electron chi connectivity index (χ0n) is 11.7. The van der Waals surface area contributed by atoms with Gasteiger partial charge in [0.2, 0.25) is 0 Å². The average molecular weight is 268 g/mol. The Balaban J connectivity index is 1.77. The number of fused-ring (bicyclic) bond motifs is 2.